The van der Waals surface area contributed by atoms with Crippen molar-refractivity contribution in [1.82, 2.24) is 10.2 Å². The Hall–Kier alpha value is -1.62. The van der Waals surface area contributed by atoms with Crippen LogP contribution in [-0.2, 0) is 9.59 Å². The minimum atomic E-state index is -1.00. The van der Waals surface area contributed by atoms with Crippen molar-refractivity contribution in [2.75, 3.05) is 6.54 Å². The molecule has 3 heterocycles. The van der Waals surface area contributed by atoms with Gasteiger partial charge in [0.15, 0.2) is 0 Å². The molecule has 0 radical (unpaired) electrons. The van der Waals surface area contributed by atoms with Gasteiger partial charge in [-0.15, -0.1) is 0 Å². The van der Waals surface area contributed by atoms with Crippen LogP contribution in [0.4, 0.5) is 0 Å². The van der Waals surface area contributed by atoms with Gasteiger partial charge in [-0.3, -0.25) is 9.69 Å². The van der Waals surface area contributed by atoms with E-state index in [1.165, 1.54) is 4.90 Å². The summed E-state index contributed by atoms with van der Waals surface area (Å²) in [4.78, 5) is 24.6. The number of amides is 1. The second-order valence-electron chi connectivity index (χ2n) is 4.73. The molecule has 17 heavy (non-hydrogen) atoms. The number of nitrogens with one attached hydrogen (secondary N) is 1. The molecule has 2 N–H and O–H groups in total. The molecule has 0 aliphatic carbocycles. The van der Waals surface area contributed by atoms with Crippen LogP contribution in [0.5, 0.6) is 0 Å². The summed E-state index contributed by atoms with van der Waals surface area (Å²) in [5.41, 5.74) is 0.936. The Balaban J connectivity index is 2.07. The standard InChI is InChI=1S/C12H14N2O3/c1-2-3-6-4-7-5-13-8-9(7)14(11(8)15)10(6)12(16)17/h2-3,7-9,13H,4-5H2,1H3,(H,16,17)/b3-2+/t7?,8?,9-/m1/s1. The number of allylic oxidation sites excluding steroid dienone is 3. The van der Waals surface area contributed by atoms with Gasteiger partial charge in [0.05, 0.1) is 6.04 Å². The molecule has 2 saturated heterocycles. The topological polar surface area (TPSA) is 69.6 Å². The molecule has 0 aromatic heterocycles. The molecule has 3 aliphatic heterocycles. The number of carbonyl (C=O) groups excluding carboxylic acids is 1. The van der Waals surface area contributed by atoms with Crippen molar-refractivity contribution in [3.63, 3.8) is 0 Å². The van der Waals surface area contributed by atoms with Crippen molar-refractivity contribution in [3.05, 3.63) is 23.4 Å². The number of hydrogen-bond acceptors (Lipinski definition) is 3. The first kappa shape index (κ1) is 10.5. The third kappa shape index (κ3) is 1.23. The van der Waals surface area contributed by atoms with Gasteiger partial charge in [-0.2, -0.15) is 0 Å². The second kappa shape index (κ2) is 3.43. The van der Waals surface area contributed by atoms with Crippen molar-refractivity contribution in [2.24, 2.45) is 5.92 Å². The van der Waals surface area contributed by atoms with Gasteiger partial charge in [0.1, 0.15) is 11.7 Å². The zero-order valence-corrected chi connectivity index (χ0v) is 9.51. The van der Waals surface area contributed by atoms with Gasteiger partial charge in [-0.25, -0.2) is 4.79 Å². The highest BCUT2D eigenvalue weighted by molar-refractivity contribution is 6.01. The Bertz CT molecular complexity index is 466. The first-order valence-electron chi connectivity index (χ1n) is 5.80. The highest BCUT2D eigenvalue weighted by atomic mass is 16.4. The van der Waals surface area contributed by atoms with Crippen LogP contribution in [0.15, 0.2) is 23.4 Å². The summed E-state index contributed by atoms with van der Waals surface area (Å²) in [6.45, 7) is 2.65. The fourth-order valence-corrected chi connectivity index (χ4v) is 3.17. The predicted octanol–water partition coefficient (Wildman–Crippen LogP) is 0.104. The van der Waals surface area contributed by atoms with Crippen molar-refractivity contribution >= 4 is 11.9 Å². The highest BCUT2D eigenvalue weighted by Crippen LogP contribution is 2.43. The summed E-state index contributed by atoms with van der Waals surface area (Å²) in [5, 5.41) is 12.4. The first-order valence-corrected chi connectivity index (χ1v) is 5.80. The average molecular weight is 234 g/mol. The van der Waals surface area contributed by atoms with Crippen LogP contribution < -0.4 is 5.32 Å². The second-order valence-corrected chi connectivity index (χ2v) is 4.73. The minimum Gasteiger partial charge on any atom is -0.477 e. The SMILES string of the molecule is C/C=C/C1=C(C(=O)O)N2C(=O)C3NCC(C1)[C@H]32. The van der Waals surface area contributed by atoms with Crippen LogP contribution in [0, 0.1) is 5.92 Å². The third-order valence-corrected chi connectivity index (χ3v) is 3.82. The molecule has 1 amide bonds. The molecule has 0 aromatic rings. The van der Waals surface area contributed by atoms with Crippen LogP contribution in [0.2, 0.25) is 0 Å². The summed E-state index contributed by atoms with van der Waals surface area (Å²) >= 11 is 0. The maximum Gasteiger partial charge on any atom is 0.352 e. The molecule has 3 aliphatic rings. The fourth-order valence-electron chi connectivity index (χ4n) is 3.17. The molecule has 2 unspecified atom stereocenters. The maximum atomic E-state index is 11.9. The van der Waals surface area contributed by atoms with Gasteiger partial charge in [0.25, 0.3) is 0 Å². The van der Waals surface area contributed by atoms with Crippen LogP contribution in [0.1, 0.15) is 13.3 Å². The van der Waals surface area contributed by atoms with Crippen LogP contribution in [0.25, 0.3) is 0 Å². The molecule has 3 atom stereocenters. The van der Waals surface area contributed by atoms with E-state index in [1.54, 1.807) is 6.08 Å². The van der Waals surface area contributed by atoms with Crippen molar-refractivity contribution in [3.8, 4) is 0 Å². The van der Waals surface area contributed by atoms with Gasteiger partial charge in [0.2, 0.25) is 5.91 Å². The lowest BCUT2D eigenvalue weighted by Gasteiger charge is -2.48. The van der Waals surface area contributed by atoms with Crippen LogP contribution in [0.3, 0.4) is 0 Å². The minimum absolute atomic E-state index is 0.0580. The number of carbonyl (C=O) groups is 2. The zero-order valence-electron chi connectivity index (χ0n) is 9.51. The lowest BCUT2D eigenvalue weighted by Crippen LogP contribution is -2.68. The predicted molar refractivity (Wildman–Crippen MR) is 60.0 cm³/mol. The summed E-state index contributed by atoms with van der Waals surface area (Å²) in [6.07, 6.45) is 4.37. The van der Waals surface area contributed by atoms with Crippen molar-refractivity contribution < 1.29 is 14.7 Å². The number of rotatable bonds is 2. The number of β-lactam (4-membered cyclic amide) rings is 1. The molecule has 0 bridgehead atoms. The Morgan fingerprint density at radius 2 is 2.35 bits per heavy atom. The quantitative estimate of drug-likeness (QED) is 0.665. The van der Waals surface area contributed by atoms with Crippen LogP contribution in [-0.4, -0.2) is 40.5 Å². The Morgan fingerprint density at radius 1 is 1.59 bits per heavy atom. The monoisotopic (exact) mass is 234 g/mol. The van der Waals surface area contributed by atoms with E-state index >= 15 is 0 Å². The van der Waals surface area contributed by atoms with Crippen LogP contribution >= 0.6 is 0 Å². The lowest BCUT2D eigenvalue weighted by molar-refractivity contribution is -0.153. The van der Waals surface area contributed by atoms with Gasteiger partial charge < -0.3 is 10.4 Å². The number of nitrogens with zero attached hydrogens (tertiary/aromatic N) is 1. The van der Waals surface area contributed by atoms with E-state index in [9.17, 15) is 14.7 Å². The number of carboxylic acid groups (broad SMARTS) is 1. The van der Waals surface area contributed by atoms with Gasteiger partial charge in [0, 0.05) is 6.54 Å². The molecule has 0 aromatic carbocycles. The van der Waals surface area contributed by atoms with E-state index < -0.39 is 5.97 Å². The first-order chi connectivity index (χ1) is 8.15. The fraction of sp³-hybridized carbons (Fsp3) is 0.500. The number of aliphatic carboxylic acids is 1. The van der Waals surface area contributed by atoms with E-state index in [0.29, 0.717) is 5.92 Å². The summed E-state index contributed by atoms with van der Waals surface area (Å²) in [6, 6.07) is -0.0934. The summed E-state index contributed by atoms with van der Waals surface area (Å²) in [7, 11) is 0. The van der Waals surface area contributed by atoms with Crippen molar-refractivity contribution in [1.29, 1.82) is 0 Å². The van der Waals surface area contributed by atoms with Gasteiger partial charge >= 0.3 is 5.97 Å². The van der Waals surface area contributed by atoms with E-state index in [0.717, 1.165) is 18.5 Å². The molecular formula is C12H14N2O3. The Labute approximate surface area is 98.8 Å². The Kier molecular flexibility index (Phi) is 2.13. The van der Waals surface area contributed by atoms with E-state index in [2.05, 4.69) is 5.32 Å². The normalized spacial score (nSPS) is 35.2. The van der Waals surface area contributed by atoms with Gasteiger partial charge in [-0.05, 0) is 24.8 Å². The van der Waals surface area contributed by atoms with E-state index in [1.807, 2.05) is 13.0 Å². The number of carboxylic acids is 1. The molecule has 0 saturated carbocycles. The average Bonchev–Trinajstić information content (AvgIpc) is 2.68. The smallest absolute Gasteiger partial charge is 0.352 e. The van der Waals surface area contributed by atoms with Gasteiger partial charge in [-0.1, -0.05) is 12.2 Å². The molecule has 90 valence electrons. The van der Waals surface area contributed by atoms with E-state index in [-0.39, 0.29) is 23.7 Å². The molecule has 3 rings (SSSR count). The largest absolute Gasteiger partial charge is 0.477 e. The molecule has 5 heteroatoms. The molecule has 0 spiro atoms. The summed E-state index contributed by atoms with van der Waals surface area (Å²) < 4.78 is 0. The summed E-state index contributed by atoms with van der Waals surface area (Å²) in [5.74, 6) is -0.751. The molecular weight excluding hydrogens is 220 g/mol. The third-order valence-electron chi connectivity index (χ3n) is 3.82. The highest BCUT2D eigenvalue weighted by Gasteiger charge is 2.59. The maximum absolute atomic E-state index is 11.9. The van der Waals surface area contributed by atoms with Crippen molar-refractivity contribution in [2.45, 2.75) is 25.4 Å². The molecule has 2 fully saturated rings. The lowest BCUT2D eigenvalue weighted by atomic mass is 9.79. The van der Waals surface area contributed by atoms with E-state index in [4.69, 9.17) is 0 Å². The number of hydrogen-bond donors (Lipinski definition) is 2. The Morgan fingerprint density at radius 3 is 3.00 bits per heavy atom. The zero-order chi connectivity index (χ0) is 12.2. The molecule has 5 nitrogen and oxygen atoms in total.